The fraction of sp³-hybridized carbons (Fsp3) is 0.0833. The van der Waals surface area contributed by atoms with Crippen LogP contribution in [0, 0.1) is 0 Å². The molecule has 0 unspecified atom stereocenters. The Kier molecular flexibility index (Phi) is 3.66. The van der Waals surface area contributed by atoms with Crippen LogP contribution in [0.15, 0.2) is 41.6 Å². The lowest BCUT2D eigenvalue weighted by molar-refractivity contribution is 0.102. The van der Waals surface area contributed by atoms with Gasteiger partial charge in [-0.1, -0.05) is 6.07 Å². The number of nitrogens with one attached hydrogen (secondary N) is 1. The summed E-state index contributed by atoms with van der Waals surface area (Å²) in [6, 6.07) is 5.91. The molecule has 1 aromatic carbocycles. The molecule has 7 nitrogen and oxygen atoms in total. The predicted molar refractivity (Wildman–Crippen MR) is 73.9 cm³/mol. The van der Waals surface area contributed by atoms with Gasteiger partial charge in [0.15, 0.2) is 21.3 Å². The summed E-state index contributed by atoms with van der Waals surface area (Å²) in [5, 5.41) is 2.53. The average molecular weight is 292 g/mol. The molecule has 1 aromatic heterocycles. The van der Waals surface area contributed by atoms with Crippen molar-refractivity contribution in [1.29, 1.82) is 0 Å². The van der Waals surface area contributed by atoms with Gasteiger partial charge in [0.05, 0.1) is 4.90 Å². The molecule has 0 radical (unpaired) electrons. The van der Waals surface area contributed by atoms with E-state index in [4.69, 9.17) is 5.73 Å². The number of aromatic nitrogens is 2. The van der Waals surface area contributed by atoms with Crippen LogP contribution in [0.1, 0.15) is 10.5 Å². The Balaban J connectivity index is 2.27. The highest BCUT2D eigenvalue weighted by Crippen LogP contribution is 2.16. The van der Waals surface area contributed by atoms with E-state index >= 15 is 0 Å². The lowest BCUT2D eigenvalue weighted by atomic mass is 10.3. The number of nitrogens with zero attached hydrogens (tertiary/aromatic N) is 2. The molecule has 2 aromatic rings. The second kappa shape index (κ2) is 5.25. The van der Waals surface area contributed by atoms with Crippen LogP contribution in [0.2, 0.25) is 0 Å². The third kappa shape index (κ3) is 3.09. The SMILES string of the molecule is CS(=O)(=O)c1cccc(NC(=O)c2nccnc2N)c1. The number of amides is 1. The quantitative estimate of drug-likeness (QED) is 0.861. The number of sulfone groups is 1. The van der Waals surface area contributed by atoms with E-state index < -0.39 is 15.7 Å². The zero-order valence-corrected chi connectivity index (χ0v) is 11.4. The smallest absolute Gasteiger partial charge is 0.278 e. The maximum absolute atomic E-state index is 12.0. The number of rotatable bonds is 3. The number of nitrogen functional groups attached to an aromatic ring is 1. The van der Waals surface area contributed by atoms with Gasteiger partial charge in [-0.3, -0.25) is 4.79 Å². The molecule has 0 aliphatic heterocycles. The minimum Gasteiger partial charge on any atom is -0.382 e. The van der Waals surface area contributed by atoms with Gasteiger partial charge in [-0.15, -0.1) is 0 Å². The van der Waals surface area contributed by atoms with Gasteiger partial charge in [-0.25, -0.2) is 18.4 Å². The molecule has 0 bridgehead atoms. The molecule has 3 N–H and O–H groups in total. The second-order valence-corrected chi connectivity index (χ2v) is 6.06. The summed E-state index contributed by atoms with van der Waals surface area (Å²) in [6.45, 7) is 0. The molecule has 0 fully saturated rings. The van der Waals surface area contributed by atoms with E-state index in [1.807, 2.05) is 0 Å². The highest BCUT2D eigenvalue weighted by atomic mass is 32.2. The van der Waals surface area contributed by atoms with E-state index in [0.29, 0.717) is 5.69 Å². The van der Waals surface area contributed by atoms with Crippen LogP contribution in [0.3, 0.4) is 0 Å². The maximum atomic E-state index is 12.0. The minimum atomic E-state index is -3.34. The third-order valence-electron chi connectivity index (χ3n) is 2.46. The monoisotopic (exact) mass is 292 g/mol. The van der Waals surface area contributed by atoms with Crippen molar-refractivity contribution in [3.8, 4) is 0 Å². The molecular weight excluding hydrogens is 280 g/mol. The lowest BCUT2D eigenvalue weighted by Crippen LogP contribution is -2.16. The fourth-order valence-electron chi connectivity index (χ4n) is 1.52. The highest BCUT2D eigenvalue weighted by molar-refractivity contribution is 7.90. The lowest BCUT2D eigenvalue weighted by Gasteiger charge is -2.07. The van der Waals surface area contributed by atoms with E-state index in [1.54, 1.807) is 6.07 Å². The van der Waals surface area contributed by atoms with E-state index in [9.17, 15) is 13.2 Å². The van der Waals surface area contributed by atoms with Crippen molar-refractivity contribution in [3.05, 3.63) is 42.4 Å². The zero-order chi connectivity index (χ0) is 14.8. The summed E-state index contributed by atoms with van der Waals surface area (Å²) in [4.78, 5) is 19.7. The second-order valence-electron chi connectivity index (χ2n) is 4.04. The summed E-state index contributed by atoms with van der Waals surface area (Å²) in [5.74, 6) is -0.550. The fourth-order valence-corrected chi connectivity index (χ4v) is 2.19. The molecule has 1 amide bonds. The molecule has 0 aliphatic carbocycles. The number of nitrogens with two attached hydrogens (primary N) is 1. The molecule has 0 saturated heterocycles. The molecule has 0 spiro atoms. The van der Waals surface area contributed by atoms with E-state index in [2.05, 4.69) is 15.3 Å². The van der Waals surface area contributed by atoms with Crippen molar-refractivity contribution in [2.75, 3.05) is 17.3 Å². The largest absolute Gasteiger partial charge is 0.382 e. The van der Waals surface area contributed by atoms with Crippen LogP contribution < -0.4 is 11.1 Å². The Morgan fingerprint density at radius 3 is 2.60 bits per heavy atom. The zero-order valence-electron chi connectivity index (χ0n) is 10.6. The van der Waals surface area contributed by atoms with Crippen molar-refractivity contribution in [2.45, 2.75) is 4.90 Å². The minimum absolute atomic E-state index is 0.00395. The van der Waals surface area contributed by atoms with Gasteiger partial charge in [0.25, 0.3) is 5.91 Å². The molecule has 20 heavy (non-hydrogen) atoms. The summed E-state index contributed by atoms with van der Waals surface area (Å²) in [7, 11) is -3.34. The molecular formula is C12H12N4O3S. The number of hydrogen-bond acceptors (Lipinski definition) is 6. The molecule has 104 valence electrons. The number of hydrogen-bond donors (Lipinski definition) is 2. The normalized spacial score (nSPS) is 11.1. The van der Waals surface area contributed by atoms with Crippen molar-refractivity contribution >= 4 is 27.2 Å². The van der Waals surface area contributed by atoms with Crippen molar-refractivity contribution < 1.29 is 13.2 Å². The van der Waals surface area contributed by atoms with Gasteiger partial charge in [-0.05, 0) is 18.2 Å². The van der Waals surface area contributed by atoms with Crippen molar-refractivity contribution in [1.82, 2.24) is 9.97 Å². The van der Waals surface area contributed by atoms with E-state index in [-0.39, 0.29) is 16.4 Å². The standard InChI is InChI=1S/C12H12N4O3S/c1-20(18,19)9-4-2-3-8(7-9)16-12(17)10-11(13)15-6-5-14-10/h2-7H,1H3,(H2,13,15)(H,16,17). The number of benzene rings is 1. The number of anilines is 2. The maximum Gasteiger partial charge on any atom is 0.278 e. The first-order valence-corrected chi connectivity index (χ1v) is 7.45. The Morgan fingerprint density at radius 1 is 1.25 bits per heavy atom. The third-order valence-corrected chi connectivity index (χ3v) is 3.57. The van der Waals surface area contributed by atoms with Gasteiger partial charge < -0.3 is 11.1 Å². The summed E-state index contributed by atoms with van der Waals surface area (Å²) < 4.78 is 22.9. The van der Waals surface area contributed by atoms with Crippen LogP contribution in [-0.2, 0) is 9.84 Å². The Labute approximate surface area is 115 Å². The Hall–Kier alpha value is -2.48. The molecule has 0 saturated carbocycles. The van der Waals surface area contributed by atoms with Crippen LogP contribution in [0.4, 0.5) is 11.5 Å². The summed E-state index contributed by atoms with van der Waals surface area (Å²) in [6.07, 6.45) is 3.81. The van der Waals surface area contributed by atoms with Crippen LogP contribution in [0.25, 0.3) is 0 Å². The Morgan fingerprint density at radius 2 is 1.95 bits per heavy atom. The van der Waals surface area contributed by atoms with Gasteiger partial charge in [0.1, 0.15) is 0 Å². The predicted octanol–water partition coefficient (Wildman–Crippen LogP) is 0.715. The van der Waals surface area contributed by atoms with Gasteiger partial charge in [0, 0.05) is 24.3 Å². The van der Waals surface area contributed by atoms with Crippen LogP contribution >= 0.6 is 0 Å². The molecule has 8 heteroatoms. The Bertz CT molecular complexity index is 759. The number of carbonyl (C=O) groups is 1. The van der Waals surface area contributed by atoms with Gasteiger partial charge in [0.2, 0.25) is 0 Å². The summed E-state index contributed by atoms with van der Waals surface area (Å²) in [5.41, 5.74) is 5.86. The first kappa shape index (κ1) is 13.9. The first-order valence-electron chi connectivity index (χ1n) is 5.56. The van der Waals surface area contributed by atoms with Gasteiger partial charge >= 0.3 is 0 Å². The molecule has 2 rings (SSSR count). The first-order chi connectivity index (χ1) is 9.38. The van der Waals surface area contributed by atoms with Crippen molar-refractivity contribution in [3.63, 3.8) is 0 Å². The van der Waals surface area contributed by atoms with Crippen LogP contribution in [-0.4, -0.2) is 30.5 Å². The molecule has 0 atom stereocenters. The molecule has 0 aliphatic rings. The summed E-state index contributed by atoms with van der Waals surface area (Å²) >= 11 is 0. The molecule has 1 heterocycles. The average Bonchev–Trinajstić information content (AvgIpc) is 2.38. The van der Waals surface area contributed by atoms with E-state index in [1.165, 1.54) is 30.6 Å². The van der Waals surface area contributed by atoms with Crippen molar-refractivity contribution in [2.24, 2.45) is 0 Å². The van der Waals surface area contributed by atoms with Crippen LogP contribution in [0.5, 0.6) is 0 Å². The number of carbonyl (C=O) groups excluding carboxylic acids is 1. The topological polar surface area (TPSA) is 115 Å². The highest BCUT2D eigenvalue weighted by Gasteiger charge is 2.13. The van der Waals surface area contributed by atoms with E-state index in [0.717, 1.165) is 6.26 Å². The van der Waals surface area contributed by atoms with Gasteiger partial charge in [-0.2, -0.15) is 0 Å².